The average molecular weight is 550 g/mol. The van der Waals surface area contributed by atoms with Crippen molar-refractivity contribution in [2.45, 2.75) is 56.9 Å². The summed E-state index contributed by atoms with van der Waals surface area (Å²) >= 11 is 0. The third-order valence-electron chi connectivity index (χ3n) is 8.02. The highest BCUT2D eigenvalue weighted by atomic mass is 32.2. The molecule has 0 spiro atoms. The van der Waals surface area contributed by atoms with Gasteiger partial charge < -0.3 is 15.4 Å². The molecule has 1 fully saturated rings. The van der Waals surface area contributed by atoms with E-state index in [1.54, 1.807) is 36.4 Å². The first kappa shape index (κ1) is 29.1. The molecule has 4 rings (SSSR count). The molecular weight excluding hydrogens is 506 g/mol. The zero-order valence-electron chi connectivity index (χ0n) is 23.5. The van der Waals surface area contributed by atoms with Crippen LogP contribution in [0.5, 0.6) is 5.75 Å². The fraction of sp³-hybridized carbons (Fsp3) is 0.438. The zero-order chi connectivity index (χ0) is 27.9. The molecule has 3 aromatic carbocycles. The zero-order valence-corrected chi connectivity index (χ0v) is 24.3. The maximum atomic E-state index is 12.7. The summed E-state index contributed by atoms with van der Waals surface area (Å²) in [6.45, 7) is 10.2. The van der Waals surface area contributed by atoms with E-state index in [2.05, 4.69) is 47.7 Å². The fourth-order valence-electron chi connectivity index (χ4n) is 5.28. The second-order valence-corrected chi connectivity index (χ2v) is 12.9. The number of ether oxygens (including phenoxy) is 1. The van der Waals surface area contributed by atoms with Gasteiger partial charge in [0.2, 0.25) is 0 Å². The lowest BCUT2D eigenvalue weighted by atomic mass is 9.77. The Balaban J connectivity index is 1.22. The Morgan fingerprint density at radius 3 is 2.36 bits per heavy atom. The molecule has 0 saturated carbocycles. The Hall–Kier alpha value is -2.87. The van der Waals surface area contributed by atoms with Crippen LogP contribution < -0.4 is 15.2 Å². The highest BCUT2D eigenvalue weighted by molar-refractivity contribution is 7.92. The molecule has 1 saturated heterocycles. The van der Waals surface area contributed by atoms with Gasteiger partial charge in [-0.1, -0.05) is 67.9 Å². The molecule has 3 aromatic rings. The fourth-order valence-corrected chi connectivity index (χ4v) is 6.33. The van der Waals surface area contributed by atoms with Crippen LogP contribution in [0.15, 0.2) is 83.8 Å². The third-order valence-corrected chi connectivity index (χ3v) is 9.41. The van der Waals surface area contributed by atoms with Crippen LogP contribution in [0.25, 0.3) is 0 Å². The second-order valence-electron chi connectivity index (χ2n) is 11.2. The molecule has 0 aromatic heterocycles. The van der Waals surface area contributed by atoms with Gasteiger partial charge in [-0.3, -0.25) is 4.72 Å². The molecule has 39 heavy (non-hydrogen) atoms. The number of nitrogens with two attached hydrogens (primary N) is 1. The predicted molar refractivity (Wildman–Crippen MR) is 159 cm³/mol. The number of likely N-dealkylation sites (tertiary alicyclic amines) is 1. The van der Waals surface area contributed by atoms with Gasteiger partial charge in [-0.2, -0.15) is 0 Å². The molecular formula is C32H43N3O3S. The molecule has 1 atom stereocenters. The number of nitrogens with zero attached hydrogens (tertiary/aromatic N) is 1. The minimum Gasteiger partial charge on any atom is -0.493 e. The minimum atomic E-state index is -3.65. The smallest absolute Gasteiger partial charge is 0.261 e. The van der Waals surface area contributed by atoms with Gasteiger partial charge >= 0.3 is 0 Å². The van der Waals surface area contributed by atoms with Gasteiger partial charge in [0.25, 0.3) is 10.0 Å². The summed E-state index contributed by atoms with van der Waals surface area (Å²) in [4.78, 5) is 2.79. The van der Waals surface area contributed by atoms with Crippen LogP contribution in [0.1, 0.15) is 50.7 Å². The van der Waals surface area contributed by atoms with Crippen molar-refractivity contribution in [3.63, 3.8) is 0 Å². The van der Waals surface area contributed by atoms with Crippen molar-refractivity contribution in [3.05, 3.63) is 90.0 Å². The summed E-state index contributed by atoms with van der Waals surface area (Å²) < 4.78 is 34.2. The van der Waals surface area contributed by atoms with E-state index < -0.39 is 10.0 Å². The minimum absolute atomic E-state index is 0.243. The SMILES string of the molecule is Cc1ccc(S(=O)(=O)Nc2cccc(OCC3CCN(CCCC(N)(c4ccccc4)C(C)C)CC3)c2)cc1. The van der Waals surface area contributed by atoms with E-state index in [0.717, 1.165) is 50.9 Å². The van der Waals surface area contributed by atoms with Crippen molar-refractivity contribution in [2.24, 2.45) is 17.6 Å². The first-order valence-electron chi connectivity index (χ1n) is 14.0. The highest BCUT2D eigenvalue weighted by Crippen LogP contribution is 2.32. The monoisotopic (exact) mass is 549 g/mol. The molecule has 1 aliphatic rings. The molecule has 0 amide bonds. The van der Waals surface area contributed by atoms with Crippen LogP contribution in [0.2, 0.25) is 0 Å². The van der Waals surface area contributed by atoms with E-state index in [1.807, 2.05) is 25.1 Å². The third kappa shape index (κ3) is 7.84. The number of hydrogen-bond donors (Lipinski definition) is 2. The number of anilines is 1. The van der Waals surface area contributed by atoms with Crippen LogP contribution in [-0.4, -0.2) is 39.6 Å². The first-order valence-corrected chi connectivity index (χ1v) is 15.5. The number of sulfonamides is 1. The number of benzene rings is 3. The van der Waals surface area contributed by atoms with Gasteiger partial charge in [-0.15, -0.1) is 0 Å². The van der Waals surface area contributed by atoms with Crippen molar-refractivity contribution < 1.29 is 13.2 Å². The molecule has 210 valence electrons. The quantitative estimate of drug-likeness (QED) is 0.282. The Labute approximate surface area is 234 Å². The lowest BCUT2D eigenvalue weighted by Crippen LogP contribution is -2.43. The maximum Gasteiger partial charge on any atom is 0.261 e. The Bertz CT molecular complexity index is 1290. The summed E-state index contributed by atoms with van der Waals surface area (Å²) in [7, 11) is -3.65. The topological polar surface area (TPSA) is 84.7 Å². The van der Waals surface area contributed by atoms with Crippen LogP contribution in [-0.2, 0) is 15.6 Å². The number of hydrogen-bond acceptors (Lipinski definition) is 5. The normalized spacial score (nSPS) is 16.6. The molecule has 1 unspecified atom stereocenters. The summed E-state index contributed by atoms with van der Waals surface area (Å²) in [5.74, 6) is 1.54. The molecule has 3 N–H and O–H groups in total. The number of nitrogens with one attached hydrogen (secondary N) is 1. The standard InChI is InChI=1S/C32H43N3O3S/c1-25(2)32(33,28-9-5-4-6-10-28)19-8-20-35-21-17-27(18-22-35)24-38-30-12-7-11-29(23-30)34-39(36,37)31-15-13-26(3)14-16-31/h4-7,9-16,23,25,27,34H,8,17-22,24,33H2,1-3H3. The molecule has 0 bridgehead atoms. The largest absolute Gasteiger partial charge is 0.493 e. The van der Waals surface area contributed by atoms with Crippen molar-refractivity contribution in [3.8, 4) is 5.75 Å². The van der Waals surface area contributed by atoms with Crippen LogP contribution >= 0.6 is 0 Å². The Kier molecular flexibility index (Phi) is 9.70. The molecule has 1 heterocycles. The summed E-state index contributed by atoms with van der Waals surface area (Å²) in [6, 6.07) is 24.5. The van der Waals surface area contributed by atoms with E-state index in [1.165, 1.54) is 5.56 Å². The van der Waals surface area contributed by atoms with Crippen molar-refractivity contribution in [1.29, 1.82) is 0 Å². The van der Waals surface area contributed by atoms with E-state index in [0.29, 0.717) is 29.9 Å². The molecule has 6 nitrogen and oxygen atoms in total. The van der Waals surface area contributed by atoms with Crippen LogP contribution in [0, 0.1) is 18.8 Å². The number of piperidine rings is 1. The molecule has 0 aliphatic carbocycles. The maximum absolute atomic E-state index is 12.7. The van der Waals surface area contributed by atoms with Gasteiger partial charge in [0.1, 0.15) is 5.75 Å². The van der Waals surface area contributed by atoms with Crippen molar-refractivity contribution in [1.82, 2.24) is 4.90 Å². The lowest BCUT2D eigenvalue weighted by molar-refractivity contribution is 0.136. The Morgan fingerprint density at radius 2 is 1.69 bits per heavy atom. The van der Waals surface area contributed by atoms with Gasteiger partial charge in [0.05, 0.1) is 17.2 Å². The molecule has 1 aliphatic heterocycles. The molecule has 0 radical (unpaired) electrons. The Morgan fingerprint density at radius 1 is 1.00 bits per heavy atom. The summed E-state index contributed by atoms with van der Waals surface area (Å²) in [6.07, 6.45) is 4.24. The van der Waals surface area contributed by atoms with Crippen LogP contribution in [0.3, 0.4) is 0 Å². The molecule has 7 heteroatoms. The van der Waals surface area contributed by atoms with E-state index in [9.17, 15) is 8.42 Å². The average Bonchev–Trinajstić information content (AvgIpc) is 2.93. The number of rotatable bonds is 12. The predicted octanol–water partition coefficient (Wildman–Crippen LogP) is 6.18. The highest BCUT2D eigenvalue weighted by Gasteiger charge is 2.31. The van der Waals surface area contributed by atoms with E-state index in [-0.39, 0.29) is 10.4 Å². The number of aryl methyl sites for hydroxylation is 1. The lowest BCUT2D eigenvalue weighted by Gasteiger charge is -2.36. The first-order chi connectivity index (χ1) is 18.7. The van der Waals surface area contributed by atoms with Crippen molar-refractivity contribution in [2.75, 3.05) is 31.0 Å². The van der Waals surface area contributed by atoms with Crippen LogP contribution in [0.4, 0.5) is 5.69 Å². The van der Waals surface area contributed by atoms with Crippen molar-refractivity contribution >= 4 is 15.7 Å². The van der Waals surface area contributed by atoms with E-state index in [4.69, 9.17) is 10.5 Å². The van der Waals surface area contributed by atoms with E-state index >= 15 is 0 Å². The van der Waals surface area contributed by atoms with Gasteiger partial charge in [-0.05, 0) is 93.9 Å². The van der Waals surface area contributed by atoms with Gasteiger partial charge in [0.15, 0.2) is 0 Å². The van der Waals surface area contributed by atoms with Gasteiger partial charge in [-0.25, -0.2) is 8.42 Å². The van der Waals surface area contributed by atoms with Gasteiger partial charge in [0, 0.05) is 11.6 Å². The second kappa shape index (κ2) is 13.0. The summed E-state index contributed by atoms with van der Waals surface area (Å²) in [5, 5.41) is 0. The summed E-state index contributed by atoms with van der Waals surface area (Å²) in [5.41, 5.74) is 9.34.